The van der Waals surface area contributed by atoms with Crippen LogP contribution in [0.25, 0.3) is 10.4 Å². The number of hydrogen-bond donors (Lipinski definition) is 0. The molecule has 0 amide bonds. The highest BCUT2D eigenvalue weighted by Crippen LogP contribution is 2.43. The Morgan fingerprint density at radius 3 is 2.53 bits per heavy atom. The third-order valence-electron chi connectivity index (χ3n) is 3.48. The Bertz CT molecular complexity index is 385. The minimum absolute atomic E-state index is 0.0483. The monoisotopic (exact) mass is 269 g/mol. The van der Waals surface area contributed by atoms with Gasteiger partial charge in [0, 0.05) is 10.8 Å². The van der Waals surface area contributed by atoms with Crippen molar-refractivity contribution >= 4 is 0 Å². The smallest absolute Gasteiger partial charge is 0.163 e. The SMILES string of the molecule is CC(C)(C)OC[C@H]1C[C@@H](N=[N+]=[N-])[C@@H]2OC(C)(C)O[C@H]12. The van der Waals surface area contributed by atoms with Crippen LogP contribution in [0.4, 0.5) is 0 Å². The lowest BCUT2D eigenvalue weighted by Gasteiger charge is -2.26. The number of fused-ring (bicyclic) bond motifs is 1. The first-order valence-electron chi connectivity index (χ1n) is 6.76. The van der Waals surface area contributed by atoms with Crippen LogP contribution in [0.5, 0.6) is 0 Å². The van der Waals surface area contributed by atoms with Gasteiger partial charge in [-0.05, 0) is 46.6 Å². The molecule has 1 heterocycles. The van der Waals surface area contributed by atoms with Crippen molar-refractivity contribution in [2.75, 3.05) is 6.61 Å². The molecule has 0 unspecified atom stereocenters. The van der Waals surface area contributed by atoms with Crippen LogP contribution in [-0.4, -0.2) is 36.2 Å². The van der Waals surface area contributed by atoms with Gasteiger partial charge in [0.1, 0.15) is 0 Å². The van der Waals surface area contributed by atoms with Crippen molar-refractivity contribution in [1.82, 2.24) is 0 Å². The standard InChI is InChI=1S/C13H23N3O3/c1-12(2,3)17-7-8-6-9(15-16-14)11-10(8)18-13(4,5)19-11/h8-11H,6-7H2,1-5H3/t8-,9-,10-,11+/m1/s1. The lowest BCUT2D eigenvalue weighted by Crippen LogP contribution is -2.31. The second-order valence-electron chi connectivity index (χ2n) is 6.76. The normalized spacial score (nSPS) is 36.9. The molecule has 6 nitrogen and oxygen atoms in total. The van der Waals surface area contributed by atoms with E-state index >= 15 is 0 Å². The Balaban J connectivity index is 2.07. The summed E-state index contributed by atoms with van der Waals surface area (Å²) >= 11 is 0. The number of rotatable bonds is 3. The van der Waals surface area contributed by atoms with Gasteiger partial charge in [-0.2, -0.15) is 0 Å². The Hall–Kier alpha value is -0.810. The molecule has 0 aromatic heterocycles. The molecule has 1 aliphatic heterocycles. The molecule has 0 aromatic rings. The van der Waals surface area contributed by atoms with Crippen LogP contribution < -0.4 is 0 Å². The maximum absolute atomic E-state index is 8.65. The quantitative estimate of drug-likeness (QED) is 0.449. The minimum Gasteiger partial charge on any atom is -0.375 e. The molecule has 108 valence electrons. The van der Waals surface area contributed by atoms with Crippen molar-refractivity contribution in [3.8, 4) is 0 Å². The fourth-order valence-corrected chi connectivity index (χ4v) is 2.76. The number of hydrogen-bond acceptors (Lipinski definition) is 4. The van der Waals surface area contributed by atoms with Gasteiger partial charge in [0.05, 0.1) is 30.5 Å². The zero-order chi connectivity index (χ0) is 14.3. The average molecular weight is 269 g/mol. The molecule has 2 aliphatic rings. The van der Waals surface area contributed by atoms with Crippen LogP contribution in [0, 0.1) is 5.92 Å². The first kappa shape index (κ1) is 14.6. The lowest BCUT2D eigenvalue weighted by molar-refractivity contribution is -0.162. The molecular weight excluding hydrogens is 246 g/mol. The molecule has 1 saturated heterocycles. The Kier molecular flexibility index (Phi) is 3.80. The first-order valence-corrected chi connectivity index (χ1v) is 6.76. The highest BCUT2D eigenvalue weighted by atomic mass is 16.8. The van der Waals surface area contributed by atoms with Gasteiger partial charge in [0.25, 0.3) is 0 Å². The largest absolute Gasteiger partial charge is 0.375 e. The van der Waals surface area contributed by atoms with E-state index in [0.717, 1.165) is 6.42 Å². The lowest BCUT2D eigenvalue weighted by atomic mass is 10.1. The van der Waals surface area contributed by atoms with E-state index in [4.69, 9.17) is 19.7 Å². The highest BCUT2D eigenvalue weighted by molar-refractivity contribution is 5.01. The summed E-state index contributed by atoms with van der Waals surface area (Å²) in [7, 11) is 0. The van der Waals surface area contributed by atoms with E-state index in [0.29, 0.717) is 6.61 Å². The van der Waals surface area contributed by atoms with E-state index in [9.17, 15) is 0 Å². The third kappa shape index (κ3) is 3.39. The summed E-state index contributed by atoms with van der Waals surface area (Å²) in [6.45, 7) is 10.5. The van der Waals surface area contributed by atoms with Crippen LogP contribution in [-0.2, 0) is 14.2 Å². The van der Waals surface area contributed by atoms with Gasteiger partial charge in [-0.25, -0.2) is 0 Å². The van der Waals surface area contributed by atoms with E-state index in [1.165, 1.54) is 0 Å². The summed E-state index contributed by atoms with van der Waals surface area (Å²) in [5.41, 5.74) is 8.47. The van der Waals surface area contributed by atoms with Gasteiger partial charge in [-0.1, -0.05) is 5.11 Å². The second kappa shape index (κ2) is 4.94. The van der Waals surface area contributed by atoms with Crippen molar-refractivity contribution < 1.29 is 14.2 Å². The summed E-state index contributed by atoms with van der Waals surface area (Å²) in [5.74, 6) is -0.402. The van der Waals surface area contributed by atoms with Crippen molar-refractivity contribution in [1.29, 1.82) is 0 Å². The molecule has 0 spiro atoms. The van der Waals surface area contributed by atoms with E-state index in [1.807, 2.05) is 34.6 Å². The Labute approximate surface area is 114 Å². The van der Waals surface area contributed by atoms with E-state index in [1.54, 1.807) is 0 Å². The second-order valence-corrected chi connectivity index (χ2v) is 6.76. The summed E-state index contributed by atoms with van der Waals surface area (Å²) in [4.78, 5) is 2.92. The maximum atomic E-state index is 8.65. The average Bonchev–Trinajstić information content (AvgIpc) is 2.70. The number of ether oxygens (including phenoxy) is 3. The summed E-state index contributed by atoms with van der Waals surface area (Å²) in [6, 6.07) is -0.162. The molecular formula is C13H23N3O3. The molecule has 0 aromatic carbocycles. The summed E-state index contributed by atoms with van der Waals surface area (Å²) < 4.78 is 17.6. The molecule has 0 radical (unpaired) electrons. The van der Waals surface area contributed by atoms with Crippen LogP contribution in [0.3, 0.4) is 0 Å². The molecule has 1 saturated carbocycles. The Morgan fingerprint density at radius 2 is 1.95 bits per heavy atom. The molecule has 6 heteroatoms. The third-order valence-corrected chi connectivity index (χ3v) is 3.48. The van der Waals surface area contributed by atoms with Crippen LogP contribution in [0.2, 0.25) is 0 Å². The highest BCUT2D eigenvalue weighted by Gasteiger charge is 2.53. The van der Waals surface area contributed by atoms with Gasteiger partial charge in [-0.15, -0.1) is 0 Å². The summed E-state index contributed by atoms with van der Waals surface area (Å²) in [6.07, 6.45) is 0.554. The van der Waals surface area contributed by atoms with Crippen LogP contribution in [0.1, 0.15) is 41.0 Å². The van der Waals surface area contributed by atoms with Gasteiger partial charge >= 0.3 is 0 Å². The van der Waals surface area contributed by atoms with Gasteiger partial charge < -0.3 is 14.2 Å². The molecule has 0 bridgehead atoms. The van der Waals surface area contributed by atoms with Gasteiger partial charge in [-0.3, -0.25) is 0 Å². The van der Waals surface area contributed by atoms with E-state index in [2.05, 4.69) is 10.0 Å². The van der Waals surface area contributed by atoms with Crippen LogP contribution in [0.15, 0.2) is 5.11 Å². The number of nitrogens with zero attached hydrogens (tertiary/aromatic N) is 3. The zero-order valence-electron chi connectivity index (χ0n) is 12.3. The topological polar surface area (TPSA) is 76.5 Å². The minimum atomic E-state index is -0.612. The van der Waals surface area contributed by atoms with Crippen molar-refractivity contribution in [3.63, 3.8) is 0 Å². The number of azide groups is 1. The predicted molar refractivity (Wildman–Crippen MR) is 70.6 cm³/mol. The van der Waals surface area contributed by atoms with E-state index < -0.39 is 5.79 Å². The summed E-state index contributed by atoms with van der Waals surface area (Å²) in [5, 5.41) is 3.85. The Morgan fingerprint density at radius 1 is 1.32 bits per heavy atom. The fourth-order valence-electron chi connectivity index (χ4n) is 2.76. The molecule has 2 rings (SSSR count). The predicted octanol–water partition coefficient (Wildman–Crippen LogP) is 3.02. The molecule has 19 heavy (non-hydrogen) atoms. The molecule has 4 atom stereocenters. The maximum Gasteiger partial charge on any atom is 0.163 e. The van der Waals surface area contributed by atoms with Crippen LogP contribution >= 0.6 is 0 Å². The van der Waals surface area contributed by atoms with E-state index in [-0.39, 0.29) is 29.8 Å². The molecule has 1 aliphatic carbocycles. The van der Waals surface area contributed by atoms with Gasteiger partial charge in [0.2, 0.25) is 0 Å². The zero-order valence-corrected chi connectivity index (χ0v) is 12.3. The van der Waals surface area contributed by atoms with Gasteiger partial charge in [0.15, 0.2) is 5.79 Å². The van der Waals surface area contributed by atoms with Crippen molar-refractivity contribution in [2.45, 2.75) is 70.7 Å². The van der Waals surface area contributed by atoms with Crippen molar-refractivity contribution in [2.24, 2.45) is 11.0 Å². The first-order chi connectivity index (χ1) is 8.72. The van der Waals surface area contributed by atoms with Crippen molar-refractivity contribution in [3.05, 3.63) is 10.4 Å². The molecule has 0 N–H and O–H groups in total. The molecule has 2 fully saturated rings. The fraction of sp³-hybridized carbons (Fsp3) is 1.00.